The van der Waals surface area contributed by atoms with Gasteiger partial charge in [0, 0.05) is 42.0 Å². The van der Waals surface area contributed by atoms with Crippen LogP contribution in [0.3, 0.4) is 0 Å². The van der Waals surface area contributed by atoms with Gasteiger partial charge >= 0.3 is 0 Å². The van der Waals surface area contributed by atoms with Gasteiger partial charge in [0.15, 0.2) is 0 Å². The van der Waals surface area contributed by atoms with E-state index in [2.05, 4.69) is 21.7 Å². The number of rotatable bonds is 9. The molecule has 1 aromatic heterocycles. The van der Waals surface area contributed by atoms with Gasteiger partial charge in [0.25, 0.3) is 0 Å². The van der Waals surface area contributed by atoms with Gasteiger partial charge < -0.3 is 14.4 Å². The number of carbonyl (C=O) groups is 2. The zero-order valence-electron chi connectivity index (χ0n) is 21.1. The Hall–Kier alpha value is -2.27. The molecule has 0 aliphatic heterocycles. The van der Waals surface area contributed by atoms with E-state index in [0.29, 0.717) is 19.6 Å². The van der Waals surface area contributed by atoms with E-state index in [1.165, 1.54) is 12.8 Å². The maximum absolute atomic E-state index is 13.8. The van der Waals surface area contributed by atoms with Gasteiger partial charge in [0.1, 0.15) is 0 Å². The van der Waals surface area contributed by atoms with Crippen LogP contribution in [0.4, 0.5) is 0 Å². The number of carbonyl (C=O) groups excluding carboxylic acids is 2. The maximum atomic E-state index is 13.8. The van der Waals surface area contributed by atoms with Crippen LogP contribution in [-0.4, -0.2) is 45.3 Å². The molecule has 0 spiro atoms. The predicted molar refractivity (Wildman–Crippen MR) is 141 cm³/mol. The molecule has 190 valence electrons. The lowest BCUT2D eigenvalue weighted by molar-refractivity contribution is -0.145. The molecule has 2 aliphatic rings. The highest BCUT2D eigenvalue weighted by Crippen LogP contribution is 2.27. The van der Waals surface area contributed by atoms with Crippen LogP contribution in [0.15, 0.2) is 42.6 Å². The summed E-state index contributed by atoms with van der Waals surface area (Å²) in [5.41, 5.74) is 2.17. The van der Waals surface area contributed by atoms with Crippen LogP contribution in [0.2, 0.25) is 5.02 Å². The Kier molecular flexibility index (Phi) is 9.31. The van der Waals surface area contributed by atoms with E-state index in [1.807, 2.05) is 37.3 Å². The molecule has 4 rings (SSSR count). The fourth-order valence-corrected chi connectivity index (χ4v) is 5.95. The molecular weight excluding hydrogens is 458 g/mol. The quantitative estimate of drug-likeness (QED) is 0.409. The van der Waals surface area contributed by atoms with Crippen LogP contribution in [0.5, 0.6) is 0 Å². The van der Waals surface area contributed by atoms with Crippen molar-refractivity contribution in [1.82, 2.24) is 14.4 Å². The monoisotopic (exact) mass is 497 g/mol. The third-order valence-corrected chi connectivity index (χ3v) is 8.23. The van der Waals surface area contributed by atoms with Gasteiger partial charge in [-0.25, -0.2) is 0 Å². The number of hydrogen-bond donors (Lipinski definition) is 0. The largest absolute Gasteiger partial charge is 0.345 e. The van der Waals surface area contributed by atoms with Crippen LogP contribution < -0.4 is 0 Å². The summed E-state index contributed by atoms with van der Waals surface area (Å²) in [5, 5.41) is 0.757. The third kappa shape index (κ3) is 6.69. The summed E-state index contributed by atoms with van der Waals surface area (Å²) >= 11 is 6.42. The van der Waals surface area contributed by atoms with Gasteiger partial charge in [0.05, 0.1) is 13.1 Å². The van der Waals surface area contributed by atoms with Gasteiger partial charge in [-0.05, 0) is 56.4 Å². The van der Waals surface area contributed by atoms with Crippen LogP contribution in [0, 0.1) is 5.92 Å². The fourth-order valence-electron chi connectivity index (χ4n) is 5.75. The second-order valence-electron chi connectivity index (χ2n) is 10.2. The number of amides is 2. The van der Waals surface area contributed by atoms with E-state index in [9.17, 15) is 9.59 Å². The first-order valence-corrected chi connectivity index (χ1v) is 13.9. The summed E-state index contributed by atoms with van der Waals surface area (Å²) in [5.74, 6) is 0.340. The van der Waals surface area contributed by atoms with Crippen LogP contribution in [0.25, 0.3) is 0 Å². The topological polar surface area (TPSA) is 45.6 Å². The van der Waals surface area contributed by atoms with E-state index in [-0.39, 0.29) is 30.3 Å². The molecule has 0 atom stereocenters. The molecule has 2 saturated carbocycles. The van der Waals surface area contributed by atoms with E-state index >= 15 is 0 Å². The maximum Gasteiger partial charge on any atom is 0.242 e. The molecule has 0 N–H and O–H groups in total. The van der Waals surface area contributed by atoms with Crippen LogP contribution >= 0.6 is 11.6 Å². The van der Waals surface area contributed by atoms with Crippen molar-refractivity contribution in [2.24, 2.45) is 5.92 Å². The number of aromatic nitrogens is 1. The van der Waals surface area contributed by atoms with Gasteiger partial charge in [-0.3, -0.25) is 9.59 Å². The van der Waals surface area contributed by atoms with Crippen molar-refractivity contribution in [3.63, 3.8) is 0 Å². The van der Waals surface area contributed by atoms with Crippen molar-refractivity contribution in [3.05, 3.63) is 58.9 Å². The lowest BCUT2D eigenvalue weighted by Crippen LogP contribution is -2.48. The van der Waals surface area contributed by atoms with Crippen molar-refractivity contribution >= 4 is 23.4 Å². The molecule has 0 saturated heterocycles. The van der Waals surface area contributed by atoms with Crippen LogP contribution in [0.1, 0.15) is 82.4 Å². The molecule has 0 bridgehead atoms. The first-order chi connectivity index (χ1) is 17.1. The van der Waals surface area contributed by atoms with Crippen molar-refractivity contribution in [1.29, 1.82) is 0 Å². The molecule has 0 unspecified atom stereocenters. The Morgan fingerprint density at radius 3 is 2.31 bits per heavy atom. The number of likely N-dealkylation sites (N-methyl/N-ethyl adjacent to an activating group) is 1. The zero-order chi connectivity index (χ0) is 24.6. The highest BCUT2D eigenvalue weighted by Gasteiger charge is 2.31. The lowest BCUT2D eigenvalue weighted by atomic mass is 9.88. The number of halogens is 1. The van der Waals surface area contributed by atoms with Gasteiger partial charge in [-0.2, -0.15) is 0 Å². The van der Waals surface area contributed by atoms with Crippen molar-refractivity contribution in [3.8, 4) is 0 Å². The second kappa shape index (κ2) is 12.6. The first-order valence-electron chi connectivity index (χ1n) is 13.5. The molecule has 2 fully saturated rings. The molecule has 0 radical (unpaired) electrons. The summed E-state index contributed by atoms with van der Waals surface area (Å²) in [6.45, 7) is 4.01. The molecule has 35 heavy (non-hydrogen) atoms. The molecule has 6 heteroatoms. The van der Waals surface area contributed by atoms with Gasteiger partial charge in [-0.1, -0.05) is 68.3 Å². The van der Waals surface area contributed by atoms with Crippen molar-refractivity contribution < 1.29 is 9.59 Å². The van der Waals surface area contributed by atoms with Crippen LogP contribution in [-0.2, 0) is 22.7 Å². The summed E-state index contributed by atoms with van der Waals surface area (Å²) in [6, 6.07) is 12.3. The van der Waals surface area contributed by atoms with E-state index in [4.69, 9.17) is 11.6 Å². The average molecular weight is 498 g/mol. The highest BCUT2D eigenvalue weighted by atomic mass is 35.5. The molecule has 1 heterocycles. The summed E-state index contributed by atoms with van der Waals surface area (Å²) in [6.07, 6.45) is 13.1. The predicted octanol–water partition coefficient (Wildman–Crippen LogP) is 6.28. The molecule has 2 aromatic rings. The molecule has 2 amide bonds. The Balaban J connectivity index is 1.49. The van der Waals surface area contributed by atoms with E-state index in [0.717, 1.165) is 67.6 Å². The number of nitrogens with zero attached hydrogens (tertiary/aromatic N) is 3. The minimum atomic E-state index is 0.0772. The van der Waals surface area contributed by atoms with Gasteiger partial charge in [-0.15, -0.1) is 0 Å². The van der Waals surface area contributed by atoms with E-state index < -0.39 is 0 Å². The van der Waals surface area contributed by atoms with Gasteiger partial charge in [0.2, 0.25) is 11.8 Å². The minimum Gasteiger partial charge on any atom is -0.345 e. The SMILES string of the molecule is CCN(CC(=O)N(Cc1cccn1Cc1ccccc1Cl)C1CCCCC1)C(=O)C1CCCCC1. The minimum absolute atomic E-state index is 0.0772. The Labute approximate surface area is 215 Å². The second-order valence-corrected chi connectivity index (χ2v) is 10.6. The number of hydrogen-bond acceptors (Lipinski definition) is 2. The third-order valence-electron chi connectivity index (χ3n) is 7.86. The summed E-state index contributed by atoms with van der Waals surface area (Å²) < 4.78 is 2.19. The Morgan fingerprint density at radius 1 is 0.943 bits per heavy atom. The molecular formula is C29H40ClN3O2. The summed E-state index contributed by atoms with van der Waals surface area (Å²) in [7, 11) is 0. The lowest BCUT2D eigenvalue weighted by Gasteiger charge is -2.36. The Morgan fingerprint density at radius 2 is 1.63 bits per heavy atom. The summed E-state index contributed by atoms with van der Waals surface area (Å²) in [4.78, 5) is 30.8. The number of benzene rings is 1. The normalized spacial score (nSPS) is 17.3. The average Bonchev–Trinajstić information content (AvgIpc) is 3.34. The standard InChI is InChI=1S/C29H40ClN3O2/c1-2-31(29(35)23-12-5-3-6-13-23)22-28(34)33(25-15-7-4-8-16-25)21-26-17-11-19-32(26)20-24-14-9-10-18-27(24)30/h9-11,14,17-19,23,25H,2-8,12-13,15-16,20-22H2,1H3. The van der Waals surface area contributed by atoms with Crippen molar-refractivity contribution in [2.45, 2.75) is 90.3 Å². The molecule has 5 nitrogen and oxygen atoms in total. The molecule has 1 aromatic carbocycles. The smallest absolute Gasteiger partial charge is 0.242 e. The zero-order valence-corrected chi connectivity index (χ0v) is 21.9. The molecule has 2 aliphatic carbocycles. The van der Waals surface area contributed by atoms with Crippen molar-refractivity contribution in [2.75, 3.05) is 13.1 Å². The fraction of sp³-hybridized carbons (Fsp3) is 0.586. The Bertz CT molecular complexity index is 976. The first kappa shape index (κ1) is 25.8. The highest BCUT2D eigenvalue weighted by molar-refractivity contribution is 6.31. The van der Waals surface area contributed by atoms with E-state index in [1.54, 1.807) is 4.90 Å².